The maximum absolute atomic E-state index is 12.8. The molecule has 0 unspecified atom stereocenters. The average Bonchev–Trinajstić information content (AvgIpc) is 3.23. The fourth-order valence-corrected chi connectivity index (χ4v) is 4.35. The standard InChI is InChI=1S/C26H27N5O2/c1-3-11-30-12-10-22-23(16-30)27-17-28-25(22)33-21-7-8-24-19(15-21)9-13-31(24)26(32)29-20-6-4-5-18(2)14-20/h4-9,13-15,17H,3,10-12,16H2,1-2H3,(H,29,32). The molecule has 5 rings (SSSR count). The molecule has 1 amide bonds. The van der Waals surface area contributed by atoms with Crippen molar-refractivity contribution in [1.82, 2.24) is 19.4 Å². The Morgan fingerprint density at radius 2 is 2.06 bits per heavy atom. The van der Waals surface area contributed by atoms with Crippen LogP contribution in [-0.2, 0) is 13.0 Å². The summed E-state index contributed by atoms with van der Waals surface area (Å²) < 4.78 is 7.79. The third-order valence-electron chi connectivity index (χ3n) is 5.95. The van der Waals surface area contributed by atoms with Gasteiger partial charge in [0.25, 0.3) is 0 Å². The maximum atomic E-state index is 12.8. The highest BCUT2D eigenvalue weighted by Gasteiger charge is 2.21. The van der Waals surface area contributed by atoms with Crippen LogP contribution in [0.25, 0.3) is 10.9 Å². The molecule has 2 aromatic heterocycles. The SMILES string of the molecule is CCCN1CCc2c(ncnc2Oc2ccc3c(ccn3C(=O)Nc3cccc(C)c3)c2)C1. The number of amides is 1. The zero-order valence-corrected chi connectivity index (χ0v) is 18.9. The van der Waals surface area contributed by atoms with Crippen LogP contribution in [0.15, 0.2) is 61.1 Å². The van der Waals surface area contributed by atoms with Gasteiger partial charge in [0.1, 0.15) is 12.1 Å². The average molecular weight is 442 g/mol. The first-order valence-corrected chi connectivity index (χ1v) is 11.3. The fourth-order valence-electron chi connectivity index (χ4n) is 4.35. The van der Waals surface area contributed by atoms with Crippen molar-refractivity contribution in [3.63, 3.8) is 0 Å². The molecule has 0 fully saturated rings. The number of aryl methyl sites for hydroxylation is 1. The molecule has 0 saturated carbocycles. The molecule has 168 valence electrons. The van der Waals surface area contributed by atoms with Gasteiger partial charge in [-0.05, 0) is 68.3 Å². The van der Waals surface area contributed by atoms with Crippen molar-refractivity contribution in [2.75, 3.05) is 18.4 Å². The van der Waals surface area contributed by atoms with Crippen molar-refractivity contribution in [2.24, 2.45) is 0 Å². The number of anilines is 1. The Balaban J connectivity index is 1.35. The highest BCUT2D eigenvalue weighted by molar-refractivity contribution is 5.98. The number of hydrogen-bond donors (Lipinski definition) is 1. The summed E-state index contributed by atoms with van der Waals surface area (Å²) in [5, 5.41) is 3.87. The summed E-state index contributed by atoms with van der Waals surface area (Å²) in [6.07, 6.45) is 5.36. The minimum Gasteiger partial charge on any atom is -0.439 e. The van der Waals surface area contributed by atoms with Crippen LogP contribution in [0.3, 0.4) is 0 Å². The molecular formula is C26H27N5O2. The summed E-state index contributed by atoms with van der Waals surface area (Å²) in [6.45, 7) is 7.09. The summed E-state index contributed by atoms with van der Waals surface area (Å²) in [4.78, 5) is 24.1. The first-order valence-electron chi connectivity index (χ1n) is 11.3. The highest BCUT2D eigenvalue weighted by atomic mass is 16.5. The number of ether oxygens (including phenoxy) is 1. The third-order valence-corrected chi connectivity index (χ3v) is 5.95. The Morgan fingerprint density at radius 1 is 1.15 bits per heavy atom. The predicted octanol–water partition coefficient (Wildman–Crippen LogP) is 5.38. The van der Waals surface area contributed by atoms with Crippen LogP contribution >= 0.6 is 0 Å². The molecule has 7 heteroatoms. The molecule has 0 radical (unpaired) electrons. The van der Waals surface area contributed by atoms with Crippen molar-refractivity contribution in [3.05, 3.63) is 77.9 Å². The smallest absolute Gasteiger partial charge is 0.330 e. The first-order chi connectivity index (χ1) is 16.1. The number of rotatable bonds is 5. The van der Waals surface area contributed by atoms with E-state index in [1.54, 1.807) is 17.1 Å². The molecule has 3 heterocycles. The number of nitrogens with zero attached hydrogens (tertiary/aromatic N) is 4. The number of aromatic nitrogens is 3. The number of benzene rings is 2. The Bertz CT molecular complexity index is 1310. The molecule has 0 saturated heterocycles. The third kappa shape index (κ3) is 4.45. The number of hydrogen-bond acceptors (Lipinski definition) is 5. The van der Waals surface area contributed by atoms with E-state index in [9.17, 15) is 4.79 Å². The van der Waals surface area contributed by atoms with Gasteiger partial charge in [0.15, 0.2) is 0 Å². The zero-order chi connectivity index (χ0) is 22.8. The van der Waals surface area contributed by atoms with Crippen LogP contribution in [0.5, 0.6) is 11.6 Å². The Morgan fingerprint density at radius 3 is 2.91 bits per heavy atom. The van der Waals surface area contributed by atoms with E-state index in [4.69, 9.17) is 4.74 Å². The second-order valence-corrected chi connectivity index (χ2v) is 8.44. The van der Waals surface area contributed by atoms with Crippen LogP contribution in [-0.4, -0.2) is 38.6 Å². The zero-order valence-electron chi connectivity index (χ0n) is 18.9. The molecule has 0 atom stereocenters. The van der Waals surface area contributed by atoms with E-state index in [-0.39, 0.29) is 6.03 Å². The lowest BCUT2D eigenvalue weighted by atomic mass is 10.1. The summed E-state index contributed by atoms with van der Waals surface area (Å²) in [5.74, 6) is 1.31. The fraction of sp³-hybridized carbons (Fsp3) is 0.269. The summed E-state index contributed by atoms with van der Waals surface area (Å²) in [5.41, 5.74) is 4.80. The van der Waals surface area contributed by atoms with Gasteiger partial charge in [-0.15, -0.1) is 0 Å². The van der Waals surface area contributed by atoms with E-state index in [2.05, 4.69) is 27.1 Å². The normalized spacial score (nSPS) is 13.6. The lowest BCUT2D eigenvalue weighted by molar-refractivity contribution is 0.247. The van der Waals surface area contributed by atoms with Crippen molar-refractivity contribution >= 4 is 22.6 Å². The molecule has 1 aliphatic heterocycles. The second kappa shape index (κ2) is 9.03. The van der Waals surface area contributed by atoms with E-state index >= 15 is 0 Å². The van der Waals surface area contributed by atoms with Crippen molar-refractivity contribution in [1.29, 1.82) is 0 Å². The Kier molecular flexibility index (Phi) is 5.79. The van der Waals surface area contributed by atoms with Gasteiger partial charge < -0.3 is 10.1 Å². The van der Waals surface area contributed by atoms with Crippen molar-refractivity contribution in [3.8, 4) is 11.6 Å². The number of nitrogens with one attached hydrogen (secondary N) is 1. The molecule has 7 nitrogen and oxygen atoms in total. The number of carbonyl (C=O) groups is 1. The van der Waals surface area contributed by atoms with Gasteiger partial charge in [0.05, 0.1) is 11.2 Å². The highest BCUT2D eigenvalue weighted by Crippen LogP contribution is 2.30. The van der Waals surface area contributed by atoms with Crippen LogP contribution in [0.2, 0.25) is 0 Å². The van der Waals surface area contributed by atoms with E-state index in [0.29, 0.717) is 11.6 Å². The summed E-state index contributed by atoms with van der Waals surface area (Å²) in [7, 11) is 0. The molecule has 1 N–H and O–H groups in total. The lowest BCUT2D eigenvalue weighted by Gasteiger charge is -2.28. The van der Waals surface area contributed by atoms with Gasteiger partial charge in [-0.1, -0.05) is 19.1 Å². The second-order valence-electron chi connectivity index (χ2n) is 8.44. The number of fused-ring (bicyclic) bond motifs is 2. The van der Waals surface area contributed by atoms with Crippen LogP contribution < -0.4 is 10.1 Å². The minimum absolute atomic E-state index is 0.203. The topological polar surface area (TPSA) is 72.3 Å². The molecular weight excluding hydrogens is 414 g/mol. The van der Waals surface area contributed by atoms with Gasteiger partial charge in [-0.3, -0.25) is 9.47 Å². The molecule has 2 aromatic carbocycles. The molecule has 4 aromatic rings. The first kappa shape index (κ1) is 21.2. The van der Waals surface area contributed by atoms with Gasteiger partial charge in [0.2, 0.25) is 5.88 Å². The van der Waals surface area contributed by atoms with Crippen molar-refractivity contribution in [2.45, 2.75) is 33.2 Å². The monoisotopic (exact) mass is 441 g/mol. The van der Waals surface area contributed by atoms with Gasteiger partial charge in [0, 0.05) is 35.9 Å². The lowest BCUT2D eigenvalue weighted by Crippen LogP contribution is -2.32. The predicted molar refractivity (Wildman–Crippen MR) is 129 cm³/mol. The summed E-state index contributed by atoms with van der Waals surface area (Å²) >= 11 is 0. The Labute approximate surface area is 193 Å². The van der Waals surface area contributed by atoms with Crippen LogP contribution in [0.1, 0.15) is 30.2 Å². The van der Waals surface area contributed by atoms with Gasteiger partial charge >= 0.3 is 6.03 Å². The molecule has 1 aliphatic rings. The van der Waals surface area contributed by atoms with Crippen LogP contribution in [0, 0.1) is 6.92 Å². The quantitative estimate of drug-likeness (QED) is 0.450. The maximum Gasteiger partial charge on any atom is 0.330 e. The van der Waals surface area contributed by atoms with E-state index in [1.165, 1.54) is 0 Å². The van der Waals surface area contributed by atoms with Gasteiger partial charge in [-0.25, -0.2) is 14.8 Å². The van der Waals surface area contributed by atoms with E-state index in [0.717, 1.165) is 65.9 Å². The van der Waals surface area contributed by atoms with E-state index in [1.807, 2.05) is 55.5 Å². The largest absolute Gasteiger partial charge is 0.439 e. The van der Waals surface area contributed by atoms with E-state index < -0.39 is 0 Å². The summed E-state index contributed by atoms with van der Waals surface area (Å²) in [6, 6.07) is 15.2. The Hall–Kier alpha value is -3.71. The molecule has 0 aliphatic carbocycles. The number of carbonyl (C=O) groups excluding carboxylic acids is 1. The minimum atomic E-state index is -0.203. The molecule has 0 spiro atoms. The van der Waals surface area contributed by atoms with Crippen molar-refractivity contribution < 1.29 is 9.53 Å². The van der Waals surface area contributed by atoms with Gasteiger partial charge in [-0.2, -0.15) is 0 Å². The molecule has 33 heavy (non-hydrogen) atoms. The van der Waals surface area contributed by atoms with Crippen LogP contribution in [0.4, 0.5) is 10.5 Å². The molecule has 0 bridgehead atoms.